The van der Waals surface area contributed by atoms with Gasteiger partial charge in [-0.3, -0.25) is 4.57 Å². The number of nitrogens with zero attached hydrogens (tertiary/aromatic N) is 4. The molecule has 4 atom stereocenters. The Morgan fingerprint density at radius 3 is 2.69 bits per heavy atom. The Bertz CT molecular complexity index is 1230. The van der Waals surface area contributed by atoms with Crippen LogP contribution < -0.4 is 10.6 Å². The summed E-state index contributed by atoms with van der Waals surface area (Å²) >= 11 is 0. The van der Waals surface area contributed by atoms with Crippen molar-refractivity contribution >= 4 is 28.7 Å². The van der Waals surface area contributed by atoms with E-state index in [1.165, 1.54) is 6.20 Å². The zero-order valence-corrected chi connectivity index (χ0v) is 16.9. The maximum absolute atomic E-state index is 14.3. The van der Waals surface area contributed by atoms with Crippen LogP contribution in [-0.2, 0) is 4.74 Å². The summed E-state index contributed by atoms with van der Waals surface area (Å²) in [6.07, 6.45) is -2.13. The van der Waals surface area contributed by atoms with Gasteiger partial charge in [-0.05, 0) is 32.0 Å². The van der Waals surface area contributed by atoms with Gasteiger partial charge in [0, 0.05) is 28.9 Å². The summed E-state index contributed by atoms with van der Waals surface area (Å²) in [5.74, 6) is -3.03. The van der Waals surface area contributed by atoms with Crippen LogP contribution >= 0.6 is 0 Å². The molecule has 5 rings (SSSR count). The largest absolute Gasteiger partial charge is 0.393 e. The van der Waals surface area contributed by atoms with Crippen molar-refractivity contribution < 1.29 is 27.1 Å². The first-order chi connectivity index (χ1) is 16.6. The fraction of sp³-hybridized carbons (Fsp3) is 0.476. The molecule has 4 unspecified atom stereocenters. The van der Waals surface area contributed by atoms with Gasteiger partial charge < -0.3 is 20.5 Å². The predicted octanol–water partition coefficient (Wildman–Crippen LogP) is 3.66. The van der Waals surface area contributed by atoms with Crippen LogP contribution in [0.2, 0.25) is 0 Å². The monoisotopic (exact) mass is 451 g/mol. The number of benzene rings is 1. The maximum atomic E-state index is 14.3. The van der Waals surface area contributed by atoms with Crippen LogP contribution in [-0.4, -0.2) is 50.0 Å². The molecule has 3 heterocycles. The maximum Gasteiger partial charge on any atom is 0.224 e. The number of anilines is 3. The molecular formula is C21H23F3N6O2. The van der Waals surface area contributed by atoms with E-state index in [2.05, 4.69) is 25.6 Å². The molecule has 1 saturated heterocycles. The van der Waals surface area contributed by atoms with Crippen LogP contribution in [0.15, 0.2) is 18.3 Å². The standard InChI is InChI=1S/C21H23F3N6O2/c22-11-7-15(23)18(16(24)8-11)28-21-27-17-9-25-20(26-12-1-3-14(31)4-2-12)29-19(17)30(21)13-5-6-32-10-13/h7-9,12-14,31H,1-6,10H2,(H,27,28)(H,25,26,29)/i3D,4D2. The lowest BCUT2D eigenvalue weighted by atomic mass is 9.93. The molecule has 2 fully saturated rings. The Morgan fingerprint density at radius 1 is 1.16 bits per heavy atom. The number of rotatable bonds is 5. The Morgan fingerprint density at radius 2 is 1.97 bits per heavy atom. The molecule has 11 heteroatoms. The fourth-order valence-electron chi connectivity index (χ4n) is 3.91. The molecule has 0 bridgehead atoms. The van der Waals surface area contributed by atoms with E-state index >= 15 is 0 Å². The summed E-state index contributed by atoms with van der Waals surface area (Å²) < 4.78 is 73.0. The molecule has 1 aliphatic carbocycles. The molecule has 8 nitrogen and oxygen atoms in total. The summed E-state index contributed by atoms with van der Waals surface area (Å²) in [6, 6.07) is 0.407. The number of halogens is 3. The van der Waals surface area contributed by atoms with Gasteiger partial charge >= 0.3 is 0 Å². The number of aromatic nitrogens is 4. The first kappa shape index (κ1) is 17.6. The van der Waals surface area contributed by atoms with Gasteiger partial charge in [-0.15, -0.1) is 0 Å². The highest BCUT2D eigenvalue weighted by Gasteiger charge is 2.27. The smallest absolute Gasteiger partial charge is 0.224 e. The number of fused-ring (bicyclic) bond motifs is 1. The lowest BCUT2D eigenvalue weighted by Crippen LogP contribution is -2.29. The van der Waals surface area contributed by atoms with Crippen molar-refractivity contribution in [3.63, 3.8) is 0 Å². The summed E-state index contributed by atoms with van der Waals surface area (Å²) in [5.41, 5.74) is 0.128. The van der Waals surface area contributed by atoms with Gasteiger partial charge in [0.05, 0.1) is 24.9 Å². The SMILES string of the molecule is [2H]C1CC(Nc2ncc3nc(Nc4c(F)cc(F)cc4F)n(C4CCOC4)c3n2)CC([2H])([2H])C1O. The molecule has 0 spiro atoms. The number of ether oxygens (including phenoxy) is 1. The molecule has 3 N–H and O–H groups in total. The number of aliphatic hydroxyl groups excluding tert-OH is 1. The molecular weight excluding hydrogens is 425 g/mol. The predicted molar refractivity (Wildman–Crippen MR) is 111 cm³/mol. The normalized spacial score (nSPS) is 28.8. The Labute approximate surface area is 186 Å². The highest BCUT2D eigenvalue weighted by Crippen LogP contribution is 2.32. The number of aliphatic hydroxyl groups is 1. The molecule has 1 aromatic carbocycles. The highest BCUT2D eigenvalue weighted by atomic mass is 19.1. The van der Waals surface area contributed by atoms with E-state index in [9.17, 15) is 18.3 Å². The van der Waals surface area contributed by atoms with Gasteiger partial charge in [0.15, 0.2) is 17.3 Å². The Hall–Kier alpha value is -2.92. The van der Waals surface area contributed by atoms with Crippen LogP contribution in [0.5, 0.6) is 0 Å². The number of nitrogens with one attached hydrogen (secondary N) is 2. The van der Waals surface area contributed by atoms with Crippen molar-refractivity contribution in [2.24, 2.45) is 0 Å². The van der Waals surface area contributed by atoms with Gasteiger partial charge in [-0.2, -0.15) is 4.98 Å². The van der Waals surface area contributed by atoms with Crippen LogP contribution in [0.25, 0.3) is 11.2 Å². The van der Waals surface area contributed by atoms with Crippen LogP contribution in [0, 0.1) is 17.5 Å². The molecule has 0 amide bonds. The van der Waals surface area contributed by atoms with E-state index in [1.807, 2.05) is 0 Å². The molecule has 1 aliphatic heterocycles. The number of imidazole rings is 1. The minimum absolute atomic E-state index is 0.0312. The van der Waals surface area contributed by atoms with Crippen LogP contribution in [0.1, 0.15) is 42.2 Å². The average Bonchev–Trinajstić information content (AvgIpc) is 3.41. The van der Waals surface area contributed by atoms with Gasteiger partial charge in [-0.1, -0.05) is 0 Å². The summed E-state index contributed by atoms with van der Waals surface area (Å²) in [7, 11) is 0. The molecule has 3 aromatic rings. The summed E-state index contributed by atoms with van der Waals surface area (Å²) in [5, 5.41) is 15.6. The fourth-order valence-corrected chi connectivity index (χ4v) is 3.91. The van der Waals surface area contributed by atoms with Crippen molar-refractivity contribution in [3.05, 3.63) is 35.8 Å². The minimum Gasteiger partial charge on any atom is -0.393 e. The van der Waals surface area contributed by atoms with Gasteiger partial charge in [0.25, 0.3) is 0 Å². The molecule has 32 heavy (non-hydrogen) atoms. The average molecular weight is 451 g/mol. The minimum atomic E-state index is -1.93. The molecule has 2 aromatic heterocycles. The Kier molecular flexibility index (Phi) is 4.71. The first-order valence-corrected chi connectivity index (χ1v) is 10.2. The second kappa shape index (κ2) is 8.55. The summed E-state index contributed by atoms with van der Waals surface area (Å²) in [6.45, 7) is 0.798. The molecule has 170 valence electrons. The van der Waals surface area contributed by atoms with Crippen molar-refractivity contribution in [1.29, 1.82) is 0 Å². The van der Waals surface area contributed by atoms with Crippen molar-refractivity contribution in [2.45, 2.75) is 50.2 Å². The lowest BCUT2D eigenvalue weighted by Gasteiger charge is -2.26. The van der Waals surface area contributed by atoms with Gasteiger partial charge in [-0.25, -0.2) is 23.1 Å². The van der Waals surface area contributed by atoms with E-state index in [1.54, 1.807) is 4.57 Å². The van der Waals surface area contributed by atoms with Crippen LogP contribution in [0.3, 0.4) is 0 Å². The molecule has 1 saturated carbocycles. The first-order valence-electron chi connectivity index (χ1n) is 11.8. The van der Waals surface area contributed by atoms with E-state index in [0.717, 1.165) is 0 Å². The third-order valence-electron chi connectivity index (χ3n) is 5.50. The second-order valence-corrected chi connectivity index (χ2v) is 7.76. The highest BCUT2D eigenvalue weighted by molar-refractivity contribution is 5.76. The van der Waals surface area contributed by atoms with Crippen molar-refractivity contribution in [3.8, 4) is 0 Å². The lowest BCUT2D eigenvalue weighted by molar-refractivity contribution is 0.126. The topological polar surface area (TPSA) is 97.1 Å². The third-order valence-corrected chi connectivity index (χ3v) is 5.50. The second-order valence-electron chi connectivity index (χ2n) is 7.76. The van der Waals surface area contributed by atoms with Crippen molar-refractivity contribution in [2.75, 3.05) is 23.8 Å². The van der Waals surface area contributed by atoms with E-state index < -0.39 is 48.1 Å². The quantitative estimate of drug-likeness (QED) is 0.545. The number of hydrogen-bond acceptors (Lipinski definition) is 7. The molecule has 2 aliphatic rings. The van der Waals surface area contributed by atoms with Crippen LogP contribution in [0.4, 0.5) is 30.8 Å². The molecule has 0 radical (unpaired) electrons. The van der Waals surface area contributed by atoms with E-state index in [0.29, 0.717) is 42.9 Å². The van der Waals surface area contributed by atoms with Crippen molar-refractivity contribution in [1.82, 2.24) is 19.5 Å². The van der Waals surface area contributed by atoms with Gasteiger partial charge in [0.2, 0.25) is 11.9 Å². The number of hydrogen-bond donors (Lipinski definition) is 3. The Balaban J connectivity index is 1.50. The summed E-state index contributed by atoms with van der Waals surface area (Å²) in [4.78, 5) is 13.1. The van der Waals surface area contributed by atoms with E-state index in [-0.39, 0.29) is 30.8 Å². The third kappa shape index (κ3) is 4.09. The van der Waals surface area contributed by atoms with E-state index in [4.69, 9.17) is 8.85 Å². The zero-order chi connectivity index (χ0) is 24.9. The van der Waals surface area contributed by atoms with Gasteiger partial charge in [0.1, 0.15) is 17.0 Å². The zero-order valence-electron chi connectivity index (χ0n) is 19.9.